The maximum Gasteiger partial charge on any atom is 0.338 e. The van der Waals surface area contributed by atoms with Gasteiger partial charge in [0.05, 0.1) is 12.2 Å². The van der Waals surface area contributed by atoms with Crippen molar-refractivity contribution in [1.29, 1.82) is 0 Å². The highest BCUT2D eigenvalue weighted by molar-refractivity contribution is 7.84. The van der Waals surface area contributed by atoms with Crippen LogP contribution in [-0.4, -0.2) is 33.6 Å². The zero-order valence-electron chi connectivity index (χ0n) is 11.3. The quantitative estimate of drug-likeness (QED) is 0.742. The Bertz CT molecular complexity index is 498. The highest BCUT2D eigenvalue weighted by Gasteiger charge is 2.09. The fraction of sp³-hybridized carbons (Fsp3) is 0.429. The summed E-state index contributed by atoms with van der Waals surface area (Å²) < 4.78 is 16.7. The molecular formula is C14H18O5S. The lowest BCUT2D eigenvalue weighted by Gasteiger charge is -2.05. The summed E-state index contributed by atoms with van der Waals surface area (Å²) in [5.74, 6) is -0.625. The molecule has 0 spiro atoms. The smallest absolute Gasteiger partial charge is 0.338 e. The molecule has 5 nitrogen and oxygen atoms in total. The molecule has 1 rings (SSSR count). The van der Waals surface area contributed by atoms with Gasteiger partial charge in [0.15, 0.2) is 0 Å². The Kier molecular flexibility index (Phi) is 6.93. The van der Waals surface area contributed by atoms with Gasteiger partial charge in [-0.25, -0.2) is 4.79 Å². The Morgan fingerprint density at radius 2 is 2.10 bits per heavy atom. The van der Waals surface area contributed by atoms with Crippen molar-refractivity contribution in [1.82, 2.24) is 0 Å². The van der Waals surface area contributed by atoms with Gasteiger partial charge < -0.3 is 9.84 Å². The first-order chi connectivity index (χ1) is 9.52. The second-order valence-electron chi connectivity index (χ2n) is 4.21. The zero-order valence-corrected chi connectivity index (χ0v) is 12.1. The number of ether oxygens (including phenoxy) is 1. The van der Waals surface area contributed by atoms with E-state index in [1.165, 1.54) is 0 Å². The van der Waals surface area contributed by atoms with Crippen molar-refractivity contribution in [2.75, 3.05) is 12.4 Å². The van der Waals surface area contributed by atoms with Gasteiger partial charge in [-0.2, -0.15) is 0 Å². The molecule has 110 valence electrons. The second kappa shape index (κ2) is 8.47. The number of carboxylic acid groups (broad SMARTS) is 1. The van der Waals surface area contributed by atoms with Crippen molar-refractivity contribution in [2.45, 2.75) is 25.5 Å². The largest absolute Gasteiger partial charge is 0.481 e. The Labute approximate surface area is 120 Å². The molecule has 0 aliphatic heterocycles. The summed E-state index contributed by atoms with van der Waals surface area (Å²) in [5, 5.41) is 8.51. The number of aliphatic carboxylic acids is 1. The van der Waals surface area contributed by atoms with Gasteiger partial charge in [0.1, 0.15) is 0 Å². The van der Waals surface area contributed by atoms with Crippen molar-refractivity contribution in [3.8, 4) is 0 Å². The van der Waals surface area contributed by atoms with Gasteiger partial charge in [0.2, 0.25) is 0 Å². The van der Waals surface area contributed by atoms with Crippen molar-refractivity contribution in [3.05, 3.63) is 35.4 Å². The minimum atomic E-state index is -1.13. The third kappa shape index (κ3) is 5.97. The van der Waals surface area contributed by atoms with Gasteiger partial charge in [-0.1, -0.05) is 12.1 Å². The highest BCUT2D eigenvalue weighted by atomic mass is 32.2. The molecule has 20 heavy (non-hydrogen) atoms. The number of rotatable bonds is 8. The van der Waals surface area contributed by atoms with Crippen molar-refractivity contribution >= 4 is 22.7 Å². The Balaban J connectivity index is 2.55. The molecule has 6 heteroatoms. The lowest BCUT2D eigenvalue weighted by molar-refractivity contribution is -0.137. The maximum atomic E-state index is 11.8. The normalized spacial score (nSPS) is 11.8. The summed E-state index contributed by atoms with van der Waals surface area (Å²) in [7, 11) is -1.13. The van der Waals surface area contributed by atoms with Crippen LogP contribution < -0.4 is 0 Å². The molecule has 0 amide bonds. The molecule has 0 radical (unpaired) electrons. The van der Waals surface area contributed by atoms with Crippen LogP contribution in [0.5, 0.6) is 0 Å². The minimum absolute atomic E-state index is 0.0224. The minimum Gasteiger partial charge on any atom is -0.481 e. The van der Waals surface area contributed by atoms with Crippen LogP contribution in [0, 0.1) is 0 Å². The molecule has 1 aromatic carbocycles. The zero-order chi connectivity index (χ0) is 15.0. The molecule has 0 fully saturated rings. The molecule has 1 atom stereocenters. The molecule has 0 aromatic heterocycles. The molecule has 0 aliphatic rings. The standard InChI is InChI=1S/C14H18O5S/c1-2-19-14(17)12-6-3-5-11(9-12)10-20(18)8-4-7-13(15)16/h3,5-6,9H,2,4,7-8,10H2,1H3,(H,15,16). The van der Waals surface area contributed by atoms with Crippen LogP contribution in [-0.2, 0) is 26.1 Å². The summed E-state index contributed by atoms with van der Waals surface area (Å²) in [6, 6.07) is 6.82. The second-order valence-corrected chi connectivity index (χ2v) is 5.78. The van der Waals surface area contributed by atoms with Crippen LogP contribution in [0.1, 0.15) is 35.7 Å². The molecule has 0 saturated heterocycles. The third-order valence-electron chi connectivity index (χ3n) is 2.53. The van der Waals surface area contributed by atoms with E-state index in [-0.39, 0.29) is 6.42 Å². The van der Waals surface area contributed by atoms with Gasteiger partial charge >= 0.3 is 11.9 Å². The molecular weight excluding hydrogens is 280 g/mol. The van der Waals surface area contributed by atoms with Crippen molar-refractivity contribution in [3.63, 3.8) is 0 Å². The van der Waals surface area contributed by atoms with E-state index < -0.39 is 22.7 Å². The fourth-order valence-electron chi connectivity index (χ4n) is 1.64. The first-order valence-electron chi connectivity index (χ1n) is 6.35. The number of carboxylic acids is 1. The number of hydrogen-bond acceptors (Lipinski definition) is 4. The van der Waals surface area contributed by atoms with Crippen molar-refractivity contribution < 1.29 is 23.6 Å². The van der Waals surface area contributed by atoms with Gasteiger partial charge in [-0.05, 0) is 31.0 Å². The first-order valence-corrected chi connectivity index (χ1v) is 7.84. The van der Waals surface area contributed by atoms with E-state index in [9.17, 15) is 13.8 Å². The lowest BCUT2D eigenvalue weighted by Crippen LogP contribution is -2.07. The number of carbonyl (C=O) groups is 2. The molecule has 0 aliphatic carbocycles. The Morgan fingerprint density at radius 1 is 1.35 bits per heavy atom. The number of hydrogen-bond donors (Lipinski definition) is 1. The van der Waals surface area contributed by atoms with Crippen LogP contribution >= 0.6 is 0 Å². The monoisotopic (exact) mass is 298 g/mol. The SMILES string of the molecule is CCOC(=O)c1cccc(CS(=O)CCCC(=O)O)c1. The van der Waals surface area contributed by atoms with Gasteiger partial charge in [0, 0.05) is 28.7 Å². The summed E-state index contributed by atoms with van der Waals surface area (Å²) in [4.78, 5) is 21.9. The summed E-state index contributed by atoms with van der Waals surface area (Å²) in [5.41, 5.74) is 1.22. The highest BCUT2D eigenvalue weighted by Crippen LogP contribution is 2.10. The predicted molar refractivity (Wildman–Crippen MR) is 76.0 cm³/mol. The Morgan fingerprint density at radius 3 is 2.75 bits per heavy atom. The summed E-state index contributed by atoms with van der Waals surface area (Å²) >= 11 is 0. The van der Waals surface area contributed by atoms with E-state index in [0.717, 1.165) is 5.56 Å². The molecule has 0 saturated carbocycles. The van der Waals surface area contributed by atoms with E-state index in [1.807, 2.05) is 0 Å². The van der Waals surface area contributed by atoms with Crippen LogP contribution in [0.15, 0.2) is 24.3 Å². The molecule has 1 N–H and O–H groups in total. The Hall–Kier alpha value is -1.69. The predicted octanol–water partition coefficient (Wildman–Crippen LogP) is 1.98. The number of esters is 1. The average molecular weight is 298 g/mol. The van der Waals surface area contributed by atoms with Gasteiger partial charge in [0.25, 0.3) is 0 Å². The van der Waals surface area contributed by atoms with Crippen LogP contribution in [0.3, 0.4) is 0 Å². The molecule has 0 heterocycles. The lowest BCUT2D eigenvalue weighted by atomic mass is 10.1. The topological polar surface area (TPSA) is 80.7 Å². The van der Waals surface area contributed by atoms with E-state index in [4.69, 9.17) is 9.84 Å². The van der Waals surface area contributed by atoms with Gasteiger partial charge in [-0.15, -0.1) is 0 Å². The van der Waals surface area contributed by atoms with Crippen LogP contribution in [0.4, 0.5) is 0 Å². The third-order valence-corrected chi connectivity index (χ3v) is 3.93. The number of carbonyl (C=O) groups excluding carboxylic acids is 1. The summed E-state index contributed by atoms with van der Waals surface area (Å²) in [6.45, 7) is 2.05. The molecule has 1 unspecified atom stereocenters. The van der Waals surface area contributed by atoms with E-state index in [1.54, 1.807) is 31.2 Å². The van der Waals surface area contributed by atoms with E-state index >= 15 is 0 Å². The molecule has 1 aromatic rings. The number of benzene rings is 1. The molecule has 0 bridgehead atoms. The average Bonchev–Trinajstić information content (AvgIpc) is 2.38. The van der Waals surface area contributed by atoms with Crippen LogP contribution in [0.2, 0.25) is 0 Å². The van der Waals surface area contributed by atoms with E-state index in [0.29, 0.717) is 30.1 Å². The van der Waals surface area contributed by atoms with E-state index in [2.05, 4.69) is 0 Å². The van der Waals surface area contributed by atoms with Gasteiger partial charge in [-0.3, -0.25) is 9.00 Å². The van der Waals surface area contributed by atoms with Crippen molar-refractivity contribution in [2.24, 2.45) is 0 Å². The maximum absolute atomic E-state index is 11.8. The fourth-order valence-corrected chi connectivity index (χ4v) is 2.81. The summed E-state index contributed by atoms with van der Waals surface area (Å²) in [6.07, 6.45) is 0.411. The first kappa shape index (κ1) is 16.4. The van der Waals surface area contributed by atoms with Crippen LogP contribution in [0.25, 0.3) is 0 Å².